The average Bonchev–Trinajstić information content (AvgIpc) is 2.33. The Morgan fingerprint density at radius 2 is 2.10 bits per heavy atom. The highest BCUT2D eigenvalue weighted by Gasteiger charge is 2.28. The van der Waals surface area contributed by atoms with Crippen molar-refractivity contribution in [3.63, 3.8) is 0 Å². The highest BCUT2D eigenvalue weighted by molar-refractivity contribution is 7.80. The van der Waals surface area contributed by atoms with Crippen LogP contribution in [0.2, 0.25) is 0 Å². The van der Waals surface area contributed by atoms with Crippen molar-refractivity contribution in [2.75, 3.05) is 26.7 Å². The Morgan fingerprint density at radius 1 is 1.40 bits per heavy atom. The SMILES string of the molecule is CN(CCCOc1cccc(C(N)=S)c1)CC(F)(F)F. The van der Waals surface area contributed by atoms with E-state index in [0.29, 0.717) is 30.9 Å². The number of rotatable bonds is 7. The van der Waals surface area contributed by atoms with Gasteiger partial charge in [0, 0.05) is 12.1 Å². The van der Waals surface area contributed by atoms with Crippen LogP contribution in [0, 0.1) is 0 Å². The maximum atomic E-state index is 12.1. The molecule has 0 atom stereocenters. The third kappa shape index (κ3) is 6.72. The van der Waals surface area contributed by atoms with E-state index in [1.807, 2.05) is 0 Å². The predicted molar refractivity (Wildman–Crippen MR) is 76.0 cm³/mol. The molecule has 20 heavy (non-hydrogen) atoms. The number of nitrogens with zero attached hydrogens (tertiary/aromatic N) is 1. The minimum atomic E-state index is -4.17. The molecule has 0 aliphatic carbocycles. The van der Waals surface area contributed by atoms with Gasteiger partial charge in [-0.25, -0.2) is 0 Å². The Hall–Kier alpha value is -1.34. The van der Waals surface area contributed by atoms with Crippen molar-refractivity contribution in [3.8, 4) is 5.75 Å². The Kier molecular flexibility index (Phi) is 6.22. The van der Waals surface area contributed by atoms with Gasteiger partial charge in [-0.05, 0) is 25.6 Å². The van der Waals surface area contributed by atoms with E-state index in [1.54, 1.807) is 24.3 Å². The normalized spacial score (nSPS) is 11.7. The van der Waals surface area contributed by atoms with E-state index in [-0.39, 0.29) is 4.99 Å². The van der Waals surface area contributed by atoms with Crippen molar-refractivity contribution in [2.45, 2.75) is 12.6 Å². The van der Waals surface area contributed by atoms with E-state index in [0.717, 1.165) is 0 Å². The lowest BCUT2D eigenvalue weighted by Crippen LogP contribution is -2.32. The van der Waals surface area contributed by atoms with Crippen molar-refractivity contribution in [3.05, 3.63) is 29.8 Å². The number of benzene rings is 1. The maximum Gasteiger partial charge on any atom is 0.401 e. The molecule has 1 aromatic rings. The second-order valence-electron chi connectivity index (χ2n) is 4.45. The molecule has 0 spiro atoms. The fourth-order valence-corrected chi connectivity index (χ4v) is 1.78. The molecule has 1 rings (SSSR count). The molecule has 0 heterocycles. The van der Waals surface area contributed by atoms with Crippen LogP contribution in [0.3, 0.4) is 0 Å². The van der Waals surface area contributed by atoms with Gasteiger partial charge in [-0.1, -0.05) is 24.4 Å². The zero-order chi connectivity index (χ0) is 15.2. The molecule has 0 aliphatic heterocycles. The fraction of sp³-hybridized carbons (Fsp3) is 0.462. The van der Waals surface area contributed by atoms with Gasteiger partial charge in [0.1, 0.15) is 10.7 Å². The Balaban J connectivity index is 2.31. The lowest BCUT2D eigenvalue weighted by molar-refractivity contribution is -0.143. The molecule has 0 fully saturated rings. The van der Waals surface area contributed by atoms with Gasteiger partial charge in [0.25, 0.3) is 0 Å². The van der Waals surface area contributed by atoms with Crippen LogP contribution >= 0.6 is 12.2 Å². The third-order valence-electron chi connectivity index (χ3n) is 2.52. The van der Waals surface area contributed by atoms with Crippen LogP contribution in [0.25, 0.3) is 0 Å². The first-order valence-corrected chi connectivity index (χ1v) is 6.47. The molecule has 7 heteroatoms. The number of alkyl halides is 3. The summed E-state index contributed by atoms with van der Waals surface area (Å²) in [5.41, 5.74) is 6.20. The number of hydrogen-bond acceptors (Lipinski definition) is 3. The second-order valence-corrected chi connectivity index (χ2v) is 4.89. The topological polar surface area (TPSA) is 38.5 Å². The van der Waals surface area contributed by atoms with Gasteiger partial charge >= 0.3 is 6.18 Å². The molecule has 0 radical (unpaired) electrons. The van der Waals surface area contributed by atoms with E-state index in [9.17, 15) is 13.2 Å². The third-order valence-corrected chi connectivity index (χ3v) is 2.76. The van der Waals surface area contributed by atoms with E-state index in [2.05, 4.69) is 0 Å². The largest absolute Gasteiger partial charge is 0.494 e. The van der Waals surface area contributed by atoms with Crippen LogP contribution in [0.15, 0.2) is 24.3 Å². The monoisotopic (exact) mass is 306 g/mol. The van der Waals surface area contributed by atoms with E-state index in [1.165, 1.54) is 11.9 Å². The van der Waals surface area contributed by atoms with Gasteiger partial charge in [0.2, 0.25) is 0 Å². The predicted octanol–water partition coefficient (Wildman–Crippen LogP) is 2.58. The molecule has 0 unspecified atom stereocenters. The smallest absolute Gasteiger partial charge is 0.401 e. The zero-order valence-corrected chi connectivity index (χ0v) is 11.9. The van der Waals surface area contributed by atoms with Gasteiger partial charge in [-0.15, -0.1) is 0 Å². The summed E-state index contributed by atoms with van der Waals surface area (Å²) < 4.78 is 41.8. The van der Waals surface area contributed by atoms with E-state index in [4.69, 9.17) is 22.7 Å². The van der Waals surface area contributed by atoms with Crippen LogP contribution in [0.5, 0.6) is 5.75 Å². The van der Waals surface area contributed by atoms with E-state index < -0.39 is 12.7 Å². The quantitative estimate of drug-likeness (QED) is 0.621. The molecule has 1 aromatic carbocycles. The Labute approximate surface area is 121 Å². The van der Waals surface area contributed by atoms with Gasteiger partial charge in [0.05, 0.1) is 13.2 Å². The summed E-state index contributed by atoms with van der Waals surface area (Å²) in [6, 6.07) is 6.99. The lowest BCUT2D eigenvalue weighted by Gasteiger charge is -2.18. The summed E-state index contributed by atoms with van der Waals surface area (Å²) in [5, 5.41) is 0. The maximum absolute atomic E-state index is 12.1. The Bertz CT molecular complexity index is 451. The first-order valence-electron chi connectivity index (χ1n) is 6.06. The van der Waals surface area contributed by atoms with Gasteiger partial charge in [-0.3, -0.25) is 4.90 Å². The summed E-state index contributed by atoms with van der Waals surface area (Å²) >= 11 is 4.85. The first-order chi connectivity index (χ1) is 9.28. The molecule has 3 nitrogen and oxygen atoms in total. The highest BCUT2D eigenvalue weighted by Crippen LogP contribution is 2.16. The summed E-state index contributed by atoms with van der Waals surface area (Å²) in [5.74, 6) is 0.605. The van der Waals surface area contributed by atoms with Crippen LogP contribution in [-0.4, -0.2) is 42.8 Å². The van der Waals surface area contributed by atoms with Gasteiger partial charge < -0.3 is 10.5 Å². The highest BCUT2D eigenvalue weighted by atomic mass is 32.1. The van der Waals surface area contributed by atoms with Gasteiger partial charge in [0.15, 0.2) is 0 Å². The number of nitrogens with two attached hydrogens (primary N) is 1. The minimum absolute atomic E-state index is 0.278. The van der Waals surface area contributed by atoms with Crippen molar-refractivity contribution >= 4 is 17.2 Å². The number of halogens is 3. The van der Waals surface area contributed by atoms with Crippen molar-refractivity contribution < 1.29 is 17.9 Å². The number of ether oxygens (including phenoxy) is 1. The lowest BCUT2D eigenvalue weighted by atomic mass is 10.2. The van der Waals surface area contributed by atoms with Crippen LogP contribution in [0.4, 0.5) is 13.2 Å². The van der Waals surface area contributed by atoms with E-state index >= 15 is 0 Å². The summed E-state index contributed by atoms with van der Waals surface area (Å²) in [6.45, 7) is -0.262. The van der Waals surface area contributed by atoms with Gasteiger partial charge in [-0.2, -0.15) is 13.2 Å². The van der Waals surface area contributed by atoms with Crippen molar-refractivity contribution in [1.82, 2.24) is 4.90 Å². The molecule has 0 bridgehead atoms. The molecular weight excluding hydrogens is 289 g/mol. The summed E-state index contributed by atoms with van der Waals surface area (Å²) in [7, 11) is 1.43. The van der Waals surface area contributed by atoms with Crippen LogP contribution in [0.1, 0.15) is 12.0 Å². The summed E-state index contributed by atoms with van der Waals surface area (Å²) in [4.78, 5) is 1.50. The zero-order valence-electron chi connectivity index (χ0n) is 11.1. The molecule has 0 saturated carbocycles. The second kappa shape index (κ2) is 7.44. The average molecular weight is 306 g/mol. The first kappa shape index (κ1) is 16.7. The van der Waals surface area contributed by atoms with Crippen LogP contribution < -0.4 is 10.5 Å². The molecule has 112 valence electrons. The standard InChI is InChI=1S/C13H17F3N2OS/c1-18(9-13(14,15)16)6-3-7-19-11-5-2-4-10(8-11)12(17)20/h2,4-5,8H,3,6-7,9H2,1H3,(H2,17,20). The molecule has 0 amide bonds. The molecule has 0 saturated heterocycles. The number of thiocarbonyl (C=S) groups is 1. The Morgan fingerprint density at radius 3 is 2.70 bits per heavy atom. The van der Waals surface area contributed by atoms with Crippen molar-refractivity contribution in [1.29, 1.82) is 0 Å². The number of hydrogen-bond donors (Lipinski definition) is 1. The minimum Gasteiger partial charge on any atom is -0.494 e. The van der Waals surface area contributed by atoms with Crippen LogP contribution in [-0.2, 0) is 0 Å². The summed E-state index contributed by atoms with van der Waals surface area (Å²) in [6.07, 6.45) is -3.66. The molecule has 0 aliphatic rings. The van der Waals surface area contributed by atoms with Crippen molar-refractivity contribution in [2.24, 2.45) is 5.73 Å². The molecule has 2 N–H and O–H groups in total. The fourth-order valence-electron chi connectivity index (χ4n) is 1.65. The molecule has 0 aromatic heterocycles. The molecular formula is C13H17F3N2OS.